The van der Waals surface area contributed by atoms with Crippen LogP contribution in [0.15, 0.2) is 39.9 Å². The van der Waals surface area contributed by atoms with Gasteiger partial charge in [-0.05, 0) is 62.1 Å². The zero-order valence-corrected chi connectivity index (χ0v) is 32.2. The van der Waals surface area contributed by atoms with Crippen LogP contribution in [0.2, 0.25) is 0 Å². The number of ketones is 2. The van der Waals surface area contributed by atoms with Gasteiger partial charge >= 0.3 is 5.97 Å². The number of nitrogens with zero attached hydrogens (tertiary/aromatic N) is 1. The molecule has 0 saturated carbocycles. The Morgan fingerprint density at radius 1 is 1.05 bits per heavy atom. The highest BCUT2D eigenvalue weighted by molar-refractivity contribution is 6.22. The molecule has 1 aromatic heterocycles. The Morgan fingerprint density at radius 3 is 2.40 bits per heavy atom. The van der Waals surface area contributed by atoms with Gasteiger partial charge in [0.25, 0.3) is 0 Å². The largest absolute Gasteiger partial charge is 0.507 e. The van der Waals surface area contributed by atoms with Crippen LogP contribution in [0.25, 0.3) is 5.70 Å². The van der Waals surface area contributed by atoms with Gasteiger partial charge in [0, 0.05) is 55.0 Å². The maximum atomic E-state index is 14.8. The molecule has 7 rings (SSSR count). The predicted molar refractivity (Wildman–Crippen MR) is 200 cm³/mol. The zero-order valence-electron chi connectivity index (χ0n) is 32.2. The summed E-state index contributed by atoms with van der Waals surface area (Å²) < 4.78 is 27.7. The second-order valence-electron chi connectivity index (χ2n) is 15.3. The SMILES string of the molecule is COC(=O)c1c(C)cc2c(c1O)C1C(=O)c3cc4c(c(O)c3C(=O)C1[C@H](O)C2)C(N)=CC(=N[C@H]1O[C@@H](C)[C@H](OC)[C@@H](O)[C@H]1OC)C4(O)Cc1coc(CC(C)O)c1. The zero-order chi connectivity index (χ0) is 41.4. The number of phenols is 2. The number of carbonyl (C=O) groups is 3. The number of aliphatic hydroxyl groups is 4. The number of methoxy groups -OCH3 is 3. The van der Waals surface area contributed by atoms with E-state index in [0.29, 0.717) is 22.5 Å². The van der Waals surface area contributed by atoms with E-state index in [1.165, 1.54) is 32.6 Å². The van der Waals surface area contributed by atoms with E-state index in [-0.39, 0.29) is 58.5 Å². The lowest BCUT2D eigenvalue weighted by Gasteiger charge is -2.43. The standard InChI is InChI=1S/C41H46N2O14/c1-15-7-19-10-24(45)30-31(27(19)33(47)26(15)40(51)55-6)32(46)21-11-22-29(34(48)28(21)35(30)49)23(42)12-25(41(22,52)13-18-9-20(56-14-18)8-16(2)44)43-39-38(54-5)36(50)37(53-4)17(3)57-39/h7,9,11-12,14,16-17,24,30-31,36-39,44-45,47-48,50,52H,8,10,13,42H2,1-6H3/t16?,17-,24+,30?,31?,36+,37-,38+,39-,41?/m0/s1. The number of nitrogens with two attached hydrogens (primary N) is 1. The molecular formula is C41H46N2O14. The molecule has 304 valence electrons. The highest BCUT2D eigenvalue weighted by Gasteiger charge is 2.54. The number of aliphatic hydroxyl groups excluding tert-OH is 3. The average molecular weight is 791 g/mol. The molecule has 2 heterocycles. The number of Topliss-reactive ketones (excluding diaryl/α,β-unsaturated/α-hetero) is 2. The number of ether oxygens (including phenoxy) is 4. The average Bonchev–Trinajstić information content (AvgIpc) is 3.57. The van der Waals surface area contributed by atoms with Gasteiger partial charge in [-0.3, -0.25) is 14.6 Å². The third-order valence-electron chi connectivity index (χ3n) is 11.6. The molecule has 2 aromatic carbocycles. The van der Waals surface area contributed by atoms with E-state index >= 15 is 0 Å². The molecule has 1 saturated heterocycles. The van der Waals surface area contributed by atoms with Gasteiger partial charge < -0.3 is 59.7 Å². The number of aryl methyl sites for hydroxylation is 1. The van der Waals surface area contributed by atoms with Gasteiger partial charge in [0.15, 0.2) is 17.8 Å². The number of aliphatic imine (C=N–C) groups is 1. The van der Waals surface area contributed by atoms with Gasteiger partial charge in [0.05, 0.1) is 54.8 Å². The van der Waals surface area contributed by atoms with Crippen molar-refractivity contribution in [3.05, 3.63) is 86.4 Å². The Labute approximate surface area is 327 Å². The monoisotopic (exact) mass is 790 g/mol. The number of esters is 1. The van der Waals surface area contributed by atoms with Gasteiger partial charge in [-0.1, -0.05) is 6.07 Å². The molecule has 3 aromatic rings. The number of furan rings is 1. The Kier molecular flexibility index (Phi) is 10.4. The normalized spacial score (nSPS) is 30.6. The van der Waals surface area contributed by atoms with E-state index in [4.69, 9.17) is 34.1 Å². The summed E-state index contributed by atoms with van der Waals surface area (Å²) >= 11 is 0. The van der Waals surface area contributed by atoms with Crippen molar-refractivity contribution in [2.45, 2.75) is 94.4 Å². The topological polar surface area (TPSA) is 261 Å². The van der Waals surface area contributed by atoms with Crippen molar-refractivity contribution >= 4 is 28.9 Å². The first-order valence-electron chi connectivity index (χ1n) is 18.5. The first-order valence-corrected chi connectivity index (χ1v) is 18.5. The van der Waals surface area contributed by atoms with Gasteiger partial charge in [-0.15, -0.1) is 0 Å². The van der Waals surface area contributed by atoms with Crippen LogP contribution in [0.5, 0.6) is 11.5 Å². The second kappa shape index (κ2) is 14.8. The minimum Gasteiger partial charge on any atom is -0.507 e. The van der Waals surface area contributed by atoms with Crippen LogP contribution >= 0.6 is 0 Å². The lowest BCUT2D eigenvalue weighted by atomic mass is 9.62. The fourth-order valence-electron chi connectivity index (χ4n) is 9.05. The summed E-state index contributed by atoms with van der Waals surface area (Å²) in [5, 5.41) is 69.1. The third-order valence-corrected chi connectivity index (χ3v) is 11.6. The maximum Gasteiger partial charge on any atom is 0.341 e. The number of hydrogen-bond donors (Lipinski definition) is 7. The molecule has 4 aliphatic rings. The molecule has 3 aliphatic carbocycles. The van der Waals surface area contributed by atoms with Crippen LogP contribution in [-0.4, -0.2) is 118 Å². The number of carbonyl (C=O) groups excluding carboxylic acids is 3. The van der Waals surface area contributed by atoms with Gasteiger partial charge in [0.2, 0.25) is 0 Å². The first-order chi connectivity index (χ1) is 27.0. The summed E-state index contributed by atoms with van der Waals surface area (Å²) in [4.78, 5) is 46.8. The van der Waals surface area contributed by atoms with E-state index in [0.717, 1.165) is 7.11 Å². The van der Waals surface area contributed by atoms with E-state index < -0.39 is 94.9 Å². The number of fused-ring (bicyclic) bond motifs is 5. The van der Waals surface area contributed by atoms with Crippen molar-refractivity contribution in [2.24, 2.45) is 16.6 Å². The van der Waals surface area contributed by atoms with Crippen molar-refractivity contribution in [2.75, 3.05) is 21.3 Å². The third kappa shape index (κ3) is 6.36. The fourth-order valence-corrected chi connectivity index (χ4v) is 9.05. The number of aromatic hydroxyl groups is 2. The minimum absolute atomic E-state index is 0.0273. The van der Waals surface area contributed by atoms with E-state index in [9.17, 15) is 45.0 Å². The molecule has 16 heteroatoms. The van der Waals surface area contributed by atoms with E-state index in [2.05, 4.69) is 0 Å². The summed E-state index contributed by atoms with van der Waals surface area (Å²) in [7, 11) is 3.90. The number of phenolic OH excluding ortho intramolecular Hbond substituents is 2. The molecule has 10 atom stereocenters. The quantitative estimate of drug-likeness (QED) is 0.160. The molecule has 0 amide bonds. The first kappa shape index (κ1) is 40.3. The molecule has 8 N–H and O–H groups in total. The van der Waals surface area contributed by atoms with Crippen LogP contribution in [0.1, 0.15) is 90.0 Å². The lowest BCUT2D eigenvalue weighted by Crippen LogP contribution is -2.58. The Hall–Kier alpha value is -4.94. The van der Waals surface area contributed by atoms with Crippen molar-refractivity contribution < 1.29 is 68.4 Å². The molecule has 0 bridgehead atoms. The van der Waals surface area contributed by atoms with Crippen LogP contribution in [-0.2, 0) is 43.8 Å². The molecule has 57 heavy (non-hydrogen) atoms. The van der Waals surface area contributed by atoms with E-state index in [1.807, 2.05) is 0 Å². The lowest BCUT2D eigenvalue weighted by molar-refractivity contribution is -0.228. The van der Waals surface area contributed by atoms with Crippen LogP contribution in [0.4, 0.5) is 0 Å². The van der Waals surface area contributed by atoms with E-state index in [1.54, 1.807) is 32.9 Å². The molecule has 0 radical (unpaired) electrons. The minimum atomic E-state index is -2.24. The highest BCUT2D eigenvalue weighted by Crippen LogP contribution is 2.53. The van der Waals surface area contributed by atoms with Crippen molar-refractivity contribution in [3.63, 3.8) is 0 Å². The van der Waals surface area contributed by atoms with Gasteiger partial charge in [0.1, 0.15) is 46.7 Å². The number of hydrogen-bond acceptors (Lipinski definition) is 16. The smallest absolute Gasteiger partial charge is 0.341 e. The van der Waals surface area contributed by atoms with Crippen molar-refractivity contribution in [1.29, 1.82) is 0 Å². The highest BCUT2D eigenvalue weighted by atomic mass is 16.6. The molecule has 0 spiro atoms. The Bertz CT molecular complexity index is 2220. The maximum absolute atomic E-state index is 14.8. The number of benzene rings is 2. The second-order valence-corrected chi connectivity index (χ2v) is 15.3. The van der Waals surface area contributed by atoms with Crippen molar-refractivity contribution in [3.8, 4) is 11.5 Å². The van der Waals surface area contributed by atoms with Crippen LogP contribution in [0, 0.1) is 12.8 Å². The summed E-state index contributed by atoms with van der Waals surface area (Å²) in [5.74, 6) is -6.29. The molecular weight excluding hydrogens is 744 g/mol. The Morgan fingerprint density at radius 2 is 1.75 bits per heavy atom. The Balaban J connectivity index is 1.44. The molecule has 16 nitrogen and oxygen atoms in total. The van der Waals surface area contributed by atoms with Gasteiger partial charge in [-0.2, -0.15) is 0 Å². The van der Waals surface area contributed by atoms with Crippen LogP contribution < -0.4 is 5.73 Å². The molecule has 1 aliphatic heterocycles. The summed E-state index contributed by atoms with van der Waals surface area (Å²) in [5.41, 5.74) is 3.92. The summed E-state index contributed by atoms with van der Waals surface area (Å²) in [6.45, 7) is 4.82. The van der Waals surface area contributed by atoms with Gasteiger partial charge in [-0.25, -0.2) is 4.79 Å². The molecule has 4 unspecified atom stereocenters. The van der Waals surface area contributed by atoms with Crippen LogP contribution in [0.3, 0.4) is 0 Å². The van der Waals surface area contributed by atoms with Crippen molar-refractivity contribution in [1.82, 2.24) is 0 Å². The molecule has 1 fully saturated rings. The predicted octanol–water partition coefficient (Wildman–Crippen LogP) is 1.73. The number of rotatable bonds is 8. The fraction of sp³-hybridized carbons (Fsp3) is 0.463. The summed E-state index contributed by atoms with van der Waals surface area (Å²) in [6, 6.07) is 4.42. The summed E-state index contributed by atoms with van der Waals surface area (Å²) in [6.07, 6.45) is -4.74.